The van der Waals surface area contributed by atoms with Crippen LogP contribution < -0.4 is 10.0 Å². The summed E-state index contributed by atoms with van der Waals surface area (Å²) in [4.78, 5) is 0.180. The number of aliphatic hydroxyl groups excluding tert-OH is 1. The molecule has 1 aromatic carbocycles. The molecule has 1 aromatic heterocycles. The minimum Gasteiger partial charge on any atom is -0.390 e. The molecule has 5 nitrogen and oxygen atoms in total. The lowest BCUT2D eigenvalue weighted by atomic mass is 10.3. The van der Waals surface area contributed by atoms with Crippen molar-refractivity contribution in [1.82, 2.24) is 0 Å². The third-order valence-electron chi connectivity index (χ3n) is 2.64. The Hall–Kier alpha value is -1.28. The third kappa shape index (κ3) is 4.60. The standard InChI is InChI=1S/C13H15ClN2O3S2/c14-8-11(17)9-15-10-3-5-12(6-4-10)21(18,19)16-13-2-1-7-20-13/h1-7,11,15-17H,8-9H2. The predicted octanol–water partition coefficient (Wildman–Crippen LogP) is 2.56. The normalized spacial score (nSPS) is 12.9. The zero-order valence-electron chi connectivity index (χ0n) is 11.0. The second kappa shape index (κ2) is 7.13. The predicted molar refractivity (Wildman–Crippen MR) is 86.8 cm³/mol. The zero-order chi connectivity index (χ0) is 15.3. The molecule has 0 aliphatic heterocycles. The molecular weight excluding hydrogens is 332 g/mol. The second-order valence-corrected chi connectivity index (χ2v) is 7.23. The van der Waals surface area contributed by atoms with Crippen LogP contribution in [0.2, 0.25) is 0 Å². The molecule has 0 saturated heterocycles. The van der Waals surface area contributed by atoms with Gasteiger partial charge in [0.1, 0.15) is 5.00 Å². The van der Waals surface area contributed by atoms with Gasteiger partial charge in [-0.15, -0.1) is 22.9 Å². The Morgan fingerprint density at radius 1 is 1.24 bits per heavy atom. The van der Waals surface area contributed by atoms with Gasteiger partial charge in [0.05, 0.1) is 16.9 Å². The van der Waals surface area contributed by atoms with Crippen LogP contribution in [0.15, 0.2) is 46.7 Å². The highest BCUT2D eigenvalue weighted by atomic mass is 35.5. The lowest BCUT2D eigenvalue weighted by molar-refractivity contribution is 0.211. The van der Waals surface area contributed by atoms with E-state index in [1.807, 2.05) is 0 Å². The van der Waals surface area contributed by atoms with Gasteiger partial charge in [0.2, 0.25) is 0 Å². The molecule has 8 heteroatoms. The molecule has 0 aliphatic carbocycles. The maximum Gasteiger partial charge on any atom is 0.262 e. The molecule has 0 amide bonds. The van der Waals surface area contributed by atoms with Gasteiger partial charge in [0, 0.05) is 12.2 Å². The van der Waals surface area contributed by atoms with Crippen LogP contribution in [-0.4, -0.2) is 32.1 Å². The Labute approximate surface area is 132 Å². The highest BCUT2D eigenvalue weighted by molar-refractivity contribution is 7.93. The number of alkyl halides is 1. The van der Waals surface area contributed by atoms with E-state index in [4.69, 9.17) is 11.6 Å². The summed E-state index contributed by atoms with van der Waals surface area (Å²) in [5.74, 6) is 0.143. The van der Waals surface area contributed by atoms with E-state index in [2.05, 4.69) is 10.0 Å². The topological polar surface area (TPSA) is 78.4 Å². The molecule has 21 heavy (non-hydrogen) atoms. The molecule has 114 valence electrons. The maximum absolute atomic E-state index is 12.1. The molecule has 0 spiro atoms. The number of halogens is 1. The van der Waals surface area contributed by atoms with Gasteiger partial charge in [-0.1, -0.05) is 0 Å². The van der Waals surface area contributed by atoms with Crippen molar-refractivity contribution < 1.29 is 13.5 Å². The number of aliphatic hydroxyl groups is 1. The number of sulfonamides is 1. The molecule has 2 rings (SSSR count). The van der Waals surface area contributed by atoms with Gasteiger partial charge in [0.25, 0.3) is 10.0 Å². The molecule has 1 heterocycles. The first-order valence-electron chi connectivity index (χ1n) is 6.15. The molecule has 0 aliphatic rings. The minimum atomic E-state index is -3.57. The molecule has 1 unspecified atom stereocenters. The smallest absolute Gasteiger partial charge is 0.262 e. The summed E-state index contributed by atoms with van der Waals surface area (Å²) in [6, 6.07) is 9.77. The largest absolute Gasteiger partial charge is 0.390 e. The van der Waals surface area contributed by atoms with E-state index < -0.39 is 16.1 Å². The summed E-state index contributed by atoms with van der Waals surface area (Å²) < 4.78 is 26.8. The monoisotopic (exact) mass is 346 g/mol. The van der Waals surface area contributed by atoms with Crippen LogP contribution in [0.3, 0.4) is 0 Å². The van der Waals surface area contributed by atoms with Crippen LogP contribution in [0.25, 0.3) is 0 Å². The van der Waals surface area contributed by atoms with Crippen molar-refractivity contribution in [2.45, 2.75) is 11.0 Å². The average molecular weight is 347 g/mol. The maximum atomic E-state index is 12.1. The van der Waals surface area contributed by atoms with Gasteiger partial charge in [-0.25, -0.2) is 8.42 Å². The quantitative estimate of drug-likeness (QED) is 0.673. The third-order valence-corrected chi connectivity index (χ3v) is 5.29. The van der Waals surface area contributed by atoms with Gasteiger partial charge < -0.3 is 10.4 Å². The van der Waals surface area contributed by atoms with E-state index in [1.165, 1.54) is 23.5 Å². The molecule has 1 atom stereocenters. The van der Waals surface area contributed by atoms with E-state index in [-0.39, 0.29) is 10.8 Å². The van der Waals surface area contributed by atoms with Crippen molar-refractivity contribution >= 4 is 43.6 Å². The van der Waals surface area contributed by atoms with Gasteiger partial charge >= 0.3 is 0 Å². The van der Waals surface area contributed by atoms with Crippen molar-refractivity contribution in [2.75, 3.05) is 22.5 Å². The Morgan fingerprint density at radius 2 is 1.95 bits per heavy atom. The number of hydrogen-bond acceptors (Lipinski definition) is 5. The Morgan fingerprint density at radius 3 is 2.52 bits per heavy atom. The Kier molecular flexibility index (Phi) is 5.46. The highest BCUT2D eigenvalue weighted by Crippen LogP contribution is 2.21. The van der Waals surface area contributed by atoms with Crippen molar-refractivity contribution in [3.8, 4) is 0 Å². The molecule has 0 radical (unpaired) electrons. The van der Waals surface area contributed by atoms with E-state index in [0.717, 1.165) is 0 Å². The first kappa shape index (κ1) is 16.1. The van der Waals surface area contributed by atoms with Crippen molar-refractivity contribution in [2.24, 2.45) is 0 Å². The van der Waals surface area contributed by atoms with Gasteiger partial charge in [-0.2, -0.15) is 0 Å². The van der Waals surface area contributed by atoms with Crippen LogP contribution in [-0.2, 0) is 10.0 Å². The van der Waals surface area contributed by atoms with Gasteiger partial charge in [0.15, 0.2) is 0 Å². The summed E-state index contributed by atoms with van der Waals surface area (Å²) in [5, 5.41) is 14.7. The van der Waals surface area contributed by atoms with Crippen LogP contribution in [0, 0.1) is 0 Å². The van der Waals surface area contributed by atoms with Crippen molar-refractivity contribution in [1.29, 1.82) is 0 Å². The Balaban J connectivity index is 2.04. The summed E-state index contributed by atoms with van der Waals surface area (Å²) in [5.41, 5.74) is 0.717. The van der Waals surface area contributed by atoms with E-state index in [1.54, 1.807) is 29.6 Å². The van der Waals surface area contributed by atoms with Gasteiger partial charge in [-0.05, 0) is 41.8 Å². The summed E-state index contributed by atoms with van der Waals surface area (Å²) in [6.07, 6.45) is -0.643. The summed E-state index contributed by atoms with van der Waals surface area (Å²) >= 11 is 6.81. The fourth-order valence-corrected chi connectivity index (χ4v) is 3.61. The number of hydrogen-bond donors (Lipinski definition) is 3. The molecule has 0 saturated carbocycles. The lowest BCUT2D eigenvalue weighted by Crippen LogP contribution is -2.20. The lowest BCUT2D eigenvalue weighted by Gasteiger charge is -2.11. The first-order valence-corrected chi connectivity index (χ1v) is 9.05. The van der Waals surface area contributed by atoms with Crippen LogP contribution in [0.5, 0.6) is 0 Å². The second-order valence-electron chi connectivity index (χ2n) is 4.30. The van der Waals surface area contributed by atoms with Crippen molar-refractivity contribution in [3.05, 3.63) is 41.8 Å². The SMILES string of the molecule is O=S(=O)(Nc1cccs1)c1ccc(NCC(O)CCl)cc1. The molecule has 0 fully saturated rings. The molecule has 3 N–H and O–H groups in total. The van der Waals surface area contributed by atoms with Gasteiger partial charge in [-0.3, -0.25) is 4.72 Å². The fourth-order valence-electron chi connectivity index (χ4n) is 1.57. The molecule has 0 bridgehead atoms. The number of rotatable bonds is 7. The van der Waals surface area contributed by atoms with Crippen molar-refractivity contribution in [3.63, 3.8) is 0 Å². The van der Waals surface area contributed by atoms with Crippen LogP contribution >= 0.6 is 22.9 Å². The van der Waals surface area contributed by atoms with E-state index >= 15 is 0 Å². The fraction of sp³-hybridized carbons (Fsp3) is 0.231. The minimum absolute atomic E-state index is 0.143. The number of benzene rings is 1. The van der Waals surface area contributed by atoms with Crippen LogP contribution in [0.1, 0.15) is 0 Å². The van der Waals surface area contributed by atoms with Crippen LogP contribution in [0.4, 0.5) is 10.7 Å². The van der Waals surface area contributed by atoms with E-state index in [0.29, 0.717) is 17.2 Å². The number of anilines is 2. The van der Waals surface area contributed by atoms with E-state index in [9.17, 15) is 13.5 Å². The average Bonchev–Trinajstić information content (AvgIpc) is 2.97. The zero-order valence-corrected chi connectivity index (χ0v) is 13.4. The molecular formula is C13H15ClN2O3S2. The first-order chi connectivity index (χ1) is 10.0. The molecule has 2 aromatic rings. The highest BCUT2D eigenvalue weighted by Gasteiger charge is 2.14. The summed E-state index contributed by atoms with van der Waals surface area (Å²) in [6.45, 7) is 0.309. The summed E-state index contributed by atoms with van der Waals surface area (Å²) in [7, 11) is -3.57. The Bertz CT molecular complexity index is 657. The number of nitrogens with one attached hydrogen (secondary N) is 2. The number of thiophene rings is 1.